The number of nitrogens with one attached hydrogen (secondary N) is 1. The average molecular weight is 361 g/mol. The first kappa shape index (κ1) is 16.5. The SMILES string of the molecule is COc1ccc(-c2csc3ncnc(Nc4c(C)cccc4C)c23)cc1. The highest BCUT2D eigenvalue weighted by molar-refractivity contribution is 7.17. The van der Waals surface area contributed by atoms with E-state index in [1.54, 1.807) is 24.8 Å². The number of anilines is 2. The van der Waals surface area contributed by atoms with Gasteiger partial charge < -0.3 is 10.1 Å². The van der Waals surface area contributed by atoms with Gasteiger partial charge in [-0.05, 0) is 42.7 Å². The Bertz CT molecular complexity index is 1050. The molecule has 4 rings (SSSR count). The Morgan fingerprint density at radius 1 is 0.962 bits per heavy atom. The Morgan fingerprint density at radius 2 is 1.69 bits per heavy atom. The quantitative estimate of drug-likeness (QED) is 0.504. The zero-order valence-corrected chi connectivity index (χ0v) is 15.7. The van der Waals surface area contributed by atoms with E-state index in [1.807, 2.05) is 12.1 Å². The molecule has 4 aromatic rings. The summed E-state index contributed by atoms with van der Waals surface area (Å²) in [6.07, 6.45) is 1.62. The number of ether oxygens (including phenoxy) is 1. The number of nitrogens with zero attached hydrogens (tertiary/aromatic N) is 2. The van der Waals surface area contributed by atoms with Gasteiger partial charge in [0, 0.05) is 16.6 Å². The lowest BCUT2D eigenvalue weighted by Gasteiger charge is -2.13. The van der Waals surface area contributed by atoms with Crippen LogP contribution >= 0.6 is 11.3 Å². The van der Waals surface area contributed by atoms with E-state index >= 15 is 0 Å². The molecule has 1 N–H and O–H groups in total. The smallest absolute Gasteiger partial charge is 0.143 e. The molecule has 0 fully saturated rings. The predicted molar refractivity (Wildman–Crippen MR) is 109 cm³/mol. The summed E-state index contributed by atoms with van der Waals surface area (Å²) in [5, 5.41) is 6.72. The molecule has 0 radical (unpaired) electrons. The number of aryl methyl sites for hydroxylation is 2. The van der Waals surface area contributed by atoms with Crippen molar-refractivity contribution in [1.29, 1.82) is 0 Å². The number of methoxy groups -OCH3 is 1. The summed E-state index contributed by atoms with van der Waals surface area (Å²) in [4.78, 5) is 9.96. The summed E-state index contributed by atoms with van der Waals surface area (Å²) in [5.41, 5.74) is 5.73. The molecule has 4 nitrogen and oxygen atoms in total. The van der Waals surface area contributed by atoms with Crippen LogP contribution in [0.1, 0.15) is 11.1 Å². The second-order valence-corrected chi connectivity index (χ2v) is 7.03. The maximum atomic E-state index is 5.27. The molecule has 0 atom stereocenters. The van der Waals surface area contributed by atoms with Crippen LogP contribution in [0.3, 0.4) is 0 Å². The third-order valence-electron chi connectivity index (χ3n) is 4.50. The van der Waals surface area contributed by atoms with E-state index in [4.69, 9.17) is 4.74 Å². The Balaban J connectivity index is 1.84. The average Bonchev–Trinajstić information content (AvgIpc) is 3.10. The molecule has 26 heavy (non-hydrogen) atoms. The van der Waals surface area contributed by atoms with Crippen LogP contribution in [0, 0.1) is 13.8 Å². The fourth-order valence-electron chi connectivity index (χ4n) is 3.08. The van der Waals surface area contributed by atoms with E-state index in [9.17, 15) is 0 Å². The topological polar surface area (TPSA) is 47.0 Å². The van der Waals surface area contributed by atoms with E-state index in [2.05, 4.69) is 64.8 Å². The summed E-state index contributed by atoms with van der Waals surface area (Å²) in [5.74, 6) is 1.68. The lowest BCUT2D eigenvalue weighted by molar-refractivity contribution is 0.415. The van der Waals surface area contributed by atoms with Gasteiger partial charge in [0.25, 0.3) is 0 Å². The standard InChI is InChI=1S/C21H19N3OS/c1-13-5-4-6-14(2)19(13)24-20-18-17(11-26-21(18)23-12-22-20)15-7-9-16(25-3)10-8-15/h4-12H,1-3H3,(H,22,23,24). The zero-order chi connectivity index (χ0) is 18.1. The zero-order valence-electron chi connectivity index (χ0n) is 14.9. The minimum absolute atomic E-state index is 0.833. The molecule has 130 valence electrons. The Morgan fingerprint density at radius 3 is 2.38 bits per heavy atom. The highest BCUT2D eigenvalue weighted by Crippen LogP contribution is 2.38. The fraction of sp³-hybridized carbons (Fsp3) is 0.143. The molecule has 2 heterocycles. The lowest BCUT2D eigenvalue weighted by atomic mass is 10.1. The van der Waals surface area contributed by atoms with Crippen LogP contribution in [0.5, 0.6) is 5.75 Å². The van der Waals surface area contributed by atoms with Gasteiger partial charge in [-0.1, -0.05) is 30.3 Å². The van der Waals surface area contributed by atoms with Crippen LogP contribution in [0.4, 0.5) is 11.5 Å². The molecule has 0 saturated heterocycles. The van der Waals surface area contributed by atoms with Gasteiger partial charge in [0.05, 0.1) is 12.5 Å². The van der Waals surface area contributed by atoms with E-state index in [0.717, 1.165) is 38.6 Å². The number of benzene rings is 2. The maximum absolute atomic E-state index is 5.27. The van der Waals surface area contributed by atoms with E-state index < -0.39 is 0 Å². The van der Waals surface area contributed by atoms with Crippen molar-refractivity contribution in [2.45, 2.75) is 13.8 Å². The third-order valence-corrected chi connectivity index (χ3v) is 5.38. The molecule has 5 heteroatoms. The first-order chi connectivity index (χ1) is 12.7. The molecular formula is C21H19N3OS. The first-order valence-corrected chi connectivity index (χ1v) is 9.25. The van der Waals surface area contributed by atoms with Crippen molar-refractivity contribution in [3.05, 3.63) is 65.3 Å². The molecule has 2 aromatic heterocycles. The summed E-state index contributed by atoms with van der Waals surface area (Å²) < 4.78 is 5.27. The van der Waals surface area contributed by atoms with Crippen molar-refractivity contribution in [3.8, 4) is 16.9 Å². The second kappa shape index (κ2) is 6.77. The van der Waals surface area contributed by atoms with Crippen LogP contribution in [0.25, 0.3) is 21.3 Å². The first-order valence-electron chi connectivity index (χ1n) is 8.37. The number of para-hydroxylation sites is 1. The van der Waals surface area contributed by atoms with Gasteiger partial charge in [-0.2, -0.15) is 0 Å². The summed E-state index contributed by atoms with van der Waals surface area (Å²) in [6, 6.07) is 14.4. The number of hydrogen-bond acceptors (Lipinski definition) is 5. The Kier molecular flexibility index (Phi) is 4.31. The molecule has 0 aliphatic heterocycles. The second-order valence-electron chi connectivity index (χ2n) is 6.17. The van der Waals surface area contributed by atoms with Crippen molar-refractivity contribution in [2.75, 3.05) is 12.4 Å². The van der Waals surface area contributed by atoms with Gasteiger partial charge in [0.2, 0.25) is 0 Å². The maximum Gasteiger partial charge on any atom is 0.143 e. The Hall–Kier alpha value is -2.92. The highest BCUT2D eigenvalue weighted by Gasteiger charge is 2.14. The van der Waals surface area contributed by atoms with Crippen molar-refractivity contribution in [3.63, 3.8) is 0 Å². The number of hydrogen-bond donors (Lipinski definition) is 1. The van der Waals surface area contributed by atoms with E-state index in [-0.39, 0.29) is 0 Å². The Labute approximate surface area is 156 Å². The van der Waals surface area contributed by atoms with Crippen LogP contribution in [-0.2, 0) is 0 Å². The van der Waals surface area contributed by atoms with Crippen LogP contribution < -0.4 is 10.1 Å². The number of thiophene rings is 1. The van der Waals surface area contributed by atoms with Crippen molar-refractivity contribution >= 4 is 33.1 Å². The van der Waals surface area contributed by atoms with E-state index in [1.165, 1.54) is 11.1 Å². The van der Waals surface area contributed by atoms with Crippen molar-refractivity contribution in [1.82, 2.24) is 9.97 Å². The monoisotopic (exact) mass is 361 g/mol. The fourth-order valence-corrected chi connectivity index (χ4v) is 4.00. The molecule has 0 aliphatic carbocycles. The van der Waals surface area contributed by atoms with E-state index in [0.29, 0.717) is 0 Å². The molecule has 0 amide bonds. The molecule has 0 bridgehead atoms. The van der Waals surface area contributed by atoms with Crippen molar-refractivity contribution < 1.29 is 4.74 Å². The largest absolute Gasteiger partial charge is 0.497 e. The van der Waals surface area contributed by atoms with Gasteiger partial charge in [0.1, 0.15) is 22.7 Å². The minimum atomic E-state index is 0.833. The summed E-state index contributed by atoms with van der Waals surface area (Å²) >= 11 is 1.63. The number of rotatable bonds is 4. The summed E-state index contributed by atoms with van der Waals surface area (Å²) in [7, 11) is 1.68. The molecule has 0 unspecified atom stereocenters. The minimum Gasteiger partial charge on any atom is -0.497 e. The molecular weight excluding hydrogens is 342 g/mol. The van der Waals surface area contributed by atoms with Crippen LogP contribution in [0.15, 0.2) is 54.2 Å². The van der Waals surface area contributed by atoms with Gasteiger partial charge in [-0.25, -0.2) is 9.97 Å². The van der Waals surface area contributed by atoms with Gasteiger partial charge in [-0.15, -0.1) is 11.3 Å². The van der Waals surface area contributed by atoms with Crippen LogP contribution in [0.2, 0.25) is 0 Å². The summed E-state index contributed by atoms with van der Waals surface area (Å²) in [6.45, 7) is 4.21. The molecule has 0 aliphatic rings. The van der Waals surface area contributed by atoms with Gasteiger partial charge in [-0.3, -0.25) is 0 Å². The predicted octanol–water partition coefficient (Wildman–Crippen LogP) is 5.73. The third kappa shape index (κ3) is 2.91. The van der Waals surface area contributed by atoms with Gasteiger partial charge in [0.15, 0.2) is 0 Å². The normalized spacial score (nSPS) is 10.9. The van der Waals surface area contributed by atoms with Crippen molar-refractivity contribution in [2.24, 2.45) is 0 Å². The van der Waals surface area contributed by atoms with Crippen LogP contribution in [-0.4, -0.2) is 17.1 Å². The molecule has 2 aromatic carbocycles. The van der Waals surface area contributed by atoms with Gasteiger partial charge >= 0.3 is 0 Å². The number of fused-ring (bicyclic) bond motifs is 1. The highest BCUT2D eigenvalue weighted by atomic mass is 32.1. The number of aromatic nitrogens is 2. The molecule has 0 spiro atoms. The lowest BCUT2D eigenvalue weighted by Crippen LogP contribution is -1.99. The molecule has 0 saturated carbocycles.